The van der Waals surface area contributed by atoms with Gasteiger partial charge in [-0.3, -0.25) is 4.79 Å². The summed E-state index contributed by atoms with van der Waals surface area (Å²) >= 11 is 2.03. The molecule has 2 aliphatic heterocycles. The number of hydrogen-bond donors (Lipinski definition) is 1. The molecule has 2 heterocycles. The normalized spacial score (nSPS) is 20.5. The van der Waals surface area contributed by atoms with Gasteiger partial charge in [-0.1, -0.05) is 12.1 Å². The third kappa shape index (κ3) is 6.29. The maximum Gasteiger partial charge on any atom is 0.310 e. The molecule has 3 rings (SSSR count). The molecule has 6 nitrogen and oxygen atoms in total. The summed E-state index contributed by atoms with van der Waals surface area (Å²) < 4.78 is 5.23. The van der Waals surface area contributed by atoms with Crippen molar-refractivity contribution in [3.05, 3.63) is 29.8 Å². The van der Waals surface area contributed by atoms with Gasteiger partial charge in [0.05, 0.1) is 19.1 Å². The van der Waals surface area contributed by atoms with Crippen LogP contribution in [0.2, 0.25) is 0 Å². The number of likely N-dealkylation sites (tertiary alicyclic amines) is 1. The van der Waals surface area contributed by atoms with Gasteiger partial charge in [-0.25, -0.2) is 4.99 Å². The fourth-order valence-corrected chi connectivity index (χ4v) is 4.75. The van der Waals surface area contributed by atoms with Crippen LogP contribution in [0.4, 0.5) is 5.69 Å². The van der Waals surface area contributed by atoms with E-state index in [-0.39, 0.29) is 11.9 Å². The molecule has 0 radical (unpaired) electrons. The Labute approximate surface area is 179 Å². The third-order valence-electron chi connectivity index (χ3n) is 5.40. The van der Waals surface area contributed by atoms with Crippen molar-refractivity contribution in [3.8, 4) is 0 Å². The maximum absolute atomic E-state index is 12.2. The van der Waals surface area contributed by atoms with Gasteiger partial charge < -0.3 is 19.9 Å². The van der Waals surface area contributed by atoms with Crippen molar-refractivity contribution in [1.82, 2.24) is 10.2 Å². The maximum atomic E-state index is 12.2. The van der Waals surface area contributed by atoms with Crippen LogP contribution in [0.25, 0.3) is 0 Å². The Morgan fingerprint density at radius 2 is 1.97 bits per heavy atom. The number of hydrogen-bond acceptors (Lipinski definition) is 5. The molecule has 0 saturated carbocycles. The van der Waals surface area contributed by atoms with E-state index < -0.39 is 0 Å². The first-order chi connectivity index (χ1) is 14.2. The van der Waals surface area contributed by atoms with Gasteiger partial charge in [0.15, 0.2) is 5.96 Å². The van der Waals surface area contributed by atoms with Crippen LogP contribution in [0, 0.1) is 5.92 Å². The van der Waals surface area contributed by atoms with Crippen molar-refractivity contribution >= 4 is 29.4 Å². The summed E-state index contributed by atoms with van der Waals surface area (Å²) in [5, 5.41) is 3.39. The smallest absolute Gasteiger partial charge is 0.310 e. The number of nitrogens with zero attached hydrogens (tertiary/aromatic N) is 3. The van der Waals surface area contributed by atoms with Crippen LogP contribution >= 0.6 is 11.8 Å². The number of guanidine groups is 1. The third-order valence-corrected chi connectivity index (χ3v) is 6.34. The molecule has 29 heavy (non-hydrogen) atoms. The first-order valence-corrected chi connectivity index (χ1v) is 12.0. The number of anilines is 1. The quantitative estimate of drug-likeness (QED) is 0.435. The number of nitrogens with one attached hydrogen (secondary N) is 1. The van der Waals surface area contributed by atoms with E-state index in [0.717, 1.165) is 45.0 Å². The molecule has 0 bridgehead atoms. The number of piperidine rings is 1. The monoisotopic (exact) mass is 418 g/mol. The number of carbonyl (C=O) groups excluding carboxylic acids is 1. The number of rotatable bonds is 6. The minimum Gasteiger partial charge on any atom is -0.466 e. The standard InChI is InChI=1S/C22H34N4O2S/c1-3-23-22(26-11-5-6-19(17-26)21(27)28-4-2)24-16-18-7-9-20(10-8-18)25-12-14-29-15-13-25/h7-10,19H,3-6,11-17H2,1-2H3,(H,23,24). The highest BCUT2D eigenvalue weighted by molar-refractivity contribution is 7.99. The molecule has 1 aromatic rings. The summed E-state index contributed by atoms with van der Waals surface area (Å²) in [5.41, 5.74) is 2.51. The molecule has 1 aromatic carbocycles. The van der Waals surface area contributed by atoms with Gasteiger partial charge >= 0.3 is 5.97 Å². The lowest BCUT2D eigenvalue weighted by Crippen LogP contribution is -2.48. The molecule has 1 N–H and O–H groups in total. The molecular weight excluding hydrogens is 384 g/mol. The zero-order valence-electron chi connectivity index (χ0n) is 17.7. The van der Waals surface area contributed by atoms with Crippen LogP contribution in [0.5, 0.6) is 0 Å². The Balaban J connectivity index is 1.61. The number of thioether (sulfide) groups is 1. The number of ether oxygens (including phenoxy) is 1. The van der Waals surface area contributed by atoms with E-state index in [2.05, 4.69) is 46.3 Å². The fourth-order valence-electron chi connectivity index (χ4n) is 3.85. The lowest BCUT2D eigenvalue weighted by atomic mass is 9.98. The Morgan fingerprint density at radius 1 is 1.21 bits per heavy atom. The Kier molecular flexibility index (Phi) is 8.52. The van der Waals surface area contributed by atoms with Gasteiger partial charge in [-0.15, -0.1) is 0 Å². The van der Waals surface area contributed by atoms with E-state index in [1.54, 1.807) is 0 Å². The topological polar surface area (TPSA) is 57.2 Å². The second-order valence-electron chi connectivity index (χ2n) is 7.47. The van der Waals surface area contributed by atoms with Crippen molar-refractivity contribution in [2.24, 2.45) is 10.9 Å². The second-order valence-corrected chi connectivity index (χ2v) is 8.70. The molecule has 0 spiro atoms. The van der Waals surface area contributed by atoms with Crippen LogP contribution in [-0.4, -0.2) is 67.7 Å². The summed E-state index contributed by atoms with van der Waals surface area (Å²) in [6, 6.07) is 8.79. The van der Waals surface area contributed by atoms with Gasteiger partial charge in [0.2, 0.25) is 0 Å². The van der Waals surface area contributed by atoms with Crippen molar-refractivity contribution in [3.63, 3.8) is 0 Å². The van der Waals surface area contributed by atoms with Gasteiger partial charge in [0, 0.05) is 49.9 Å². The highest BCUT2D eigenvalue weighted by atomic mass is 32.2. The summed E-state index contributed by atoms with van der Waals surface area (Å²) in [6.45, 7) is 9.69. The van der Waals surface area contributed by atoms with E-state index in [1.165, 1.54) is 22.8 Å². The highest BCUT2D eigenvalue weighted by Crippen LogP contribution is 2.21. The molecule has 160 valence electrons. The lowest BCUT2D eigenvalue weighted by Gasteiger charge is -2.34. The largest absolute Gasteiger partial charge is 0.466 e. The molecular formula is C22H34N4O2S. The van der Waals surface area contributed by atoms with Crippen LogP contribution in [0.1, 0.15) is 32.3 Å². The highest BCUT2D eigenvalue weighted by Gasteiger charge is 2.28. The van der Waals surface area contributed by atoms with Crippen LogP contribution in [0.3, 0.4) is 0 Å². The molecule has 7 heteroatoms. The van der Waals surface area contributed by atoms with E-state index in [9.17, 15) is 4.79 Å². The molecule has 1 atom stereocenters. The van der Waals surface area contributed by atoms with Crippen molar-refractivity contribution in [2.45, 2.75) is 33.2 Å². The molecule has 0 aliphatic carbocycles. The SMILES string of the molecule is CCNC(=NCc1ccc(N2CCSCC2)cc1)N1CCCC(C(=O)OCC)C1. The molecule has 2 fully saturated rings. The average Bonchev–Trinajstić information content (AvgIpc) is 2.78. The Morgan fingerprint density at radius 3 is 2.66 bits per heavy atom. The number of carbonyl (C=O) groups is 1. The molecule has 0 amide bonds. The van der Waals surface area contributed by atoms with E-state index >= 15 is 0 Å². The summed E-state index contributed by atoms with van der Waals surface area (Å²) in [4.78, 5) is 21.7. The van der Waals surface area contributed by atoms with Gasteiger partial charge in [-0.05, 0) is 44.4 Å². The predicted octanol–water partition coefficient (Wildman–Crippen LogP) is 2.98. The minimum atomic E-state index is -0.0836. The first-order valence-electron chi connectivity index (χ1n) is 10.8. The fraction of sp³-hybridized carbons (Fsp3) is 0.636. The molecule has 0 aromatic heterocycles. The molecule has 2 aliphatic rings. The number of aliphatic imine (C=N–C) groups is 1. The van der Waals surface area contributed by atoms with Gasteiger partial charge in [0.1, 0.15) is 0 Å². The van der Waals surface area contributed by atoms with Crippen molar-refractivity contribution in [1.29, 1.82) is 0 Å². The summed E-state index contributed by atoms with van der Waals surface area (Å²) in [6.07, 6.45) is 1.88. The van der Waals surface area contributed by atoms with Gasteiger partial charge in [-0.2, -0.15) is 11.8 Å². The zero-order chi connectivity index (χ0) is 20.5. The van der Waals surface area contributed by atoms with Crippen LogP contribution in [0.15, 0.2) is 29.3 Å². The van der Waals surface area contributed by atoms with Crippen LogP contribution < -0.4 is 10.2 Å². The van der Waals surface area contributed by atoms with E-state index in [0.29, 0.717) is 19.7 Å². The van der Waals surface area contributed by atoms with Gasteiger partial charge in [0.25, 0.3) is 0 Å². The minimum absolute atomic E-state index is 0.0606. The van der Waals surface area contributed by atoms with Crippen LogP contribution in [-0.2, 0) is 16.1 Å². The zero-order valence-corrected chi connectivity index (χ0v) is 18.5. The molecule has 2 saturated heterocycles. The predicted molar refractivity (Wildman–Crippen MR) is 122 cm³/mol. The lowest BCUT2D eigenvalue weighted by molar-refractivity contribution is -0.149. The number of benzene rings is 1. The van der Waals surface area contributed by atoms with E-state index in [4.69, 9.17) is 9.73 Å². The summed E-state index contributed by atoms with van der Waals surface area (Å²) in [7, 11) is 0. The second kappa shape index (κ2) is 11.3. The Bertz CT molecular complexity index is 674. The first kappa shape index (κ1) is 21.8. The van der Waals surface area contributed by atoms with Crippen molar-refractivity contribution < 1.29 is 9.53 Å². The summed E-state index contributed by atoms with van der Waals surface area (Å²) in [5.74, 6) is 3.16. The Hall–Kier alpha value is -1.89. The number of esters is 1. The van der Waals surface area contributed by atoms with E-state index in [1.807, 2.05) is 18.7 Å². The van der Waals surface area contributed by atoms with Crippen molar-refractivity contribution in [2.75, 3.05) is 55.7 Å². The molecule has 1 unspecified atom stereocenters. The average molecular weight is 419 g/mol.